The molecule has 1 amide bonds. The molecular formula is C15H19N3O3S. The molecule has 0 atom stereocenters. The molecule has 2 aromatic heterocycles. The second kappa shape index (κ2) is 5.39. The van der Waals surface area contributed by atoms with Gasteiger partial charge in [0.1, 0.15) is 0 Å². The summed E-state index contributed by atoms with van der Waals surface area (Å²) in [4.78, 5) is 18.6. The molecule has 1 saturated heterocycles. The number of aromatic nitrogens is 2. The number of pyridine rings is 1. The van der Waals surface area contributed by atoms with E-state index in [1.807, 2.05) is 0 Å². The molecule has 3 rings (SSSR count). The number of rotatable bonds is 2. The molecule has 0 spiro atoms. The van der Waals surface area contributed by atoms with Crippen LogP contribution in [0.5, 0.6) is 0 Å². The van der Waals surface area contributed by atoms with Crippen LogP contribution in [0.4, 0.5) is 0 Å². The summed E-state index contributed by atoms with van der Waals surface area (Å²) >= 11 is 0. The Labute approximate surface area is 129 Å². The van der Waals surface area contributed by atoms with E-state index in [0.29, 0.717) is 24.5 Å². The number of hydrogen-bond acceptors (Lipinski definition) is 4. The average Bonchev–Trinajstić information content (AvgIpc) is 2.87. The number of fused-ring (bicyclic) bond motifs is 1. The van der Waals surface area contributed by atoms with Crippen molar-refractivity contribution in [3.8, 4) is 0 Å². The number of nitrogens with zero attached hydrogens (tertiary/aromatic N) is 3. The molecule has 0 radical (unpaired) electrons. The van der Waals surface area contributed by atoms with E-state index in [4.69, 9.17) is 0 Å². The zero-order valence-corrected chi connectivity index (χ0v) is 13.5. The molecule has 0 unspecified atom stereocenters. The molecule has 1 fully saturated rings. The number of amides is 1. The van der Waals surface area contributed by atoms with Gasteiger partial charge in [-0.05, 0) is 30.9 Å². The zero-order valence-electron chi connectivity index (χ0n) is 12.7. The quantitative estimate of drug-likeness (QED) is 0.842. The van der Waals surface area contributed by atoms with Crippen LogP contribution < -0.4 is 0 Å². The van der Waals surface area contributed by atoms with Gasteiger partial charge in [0.25, 0.3) is 5.91 Å². The van der Waals surface area contributed by atoms with E-state index in [-0.39, 0.29) is 16.8 Å². The molecule has 0 bridgehead atoms. The third-order valence-electron chi connectivity index (χ3n) is 4.12. The van der Waals surface area contributed by atoms with Gasteiger partial charge in [-0.15, -0.1) is 0 Å². The number of imidazole rings is 1. The van der Waals surface area contributed by atoms with Crippen molar-refractivity contribution in [2.75, 3.05) is 19.3 Å². The Morgan fingerprint density at radius 1 is 1.27 bits per heavy atom. The van der Waals surface area contributed by atoms with Gasteiger partial charge < -0.3 is 4.90 Å². The van der Waals surface area contributed by atoms with Crippen molar-refractivity contribution >= 4 is 21.3 Å². The Bertz CT molecular complexity index is 818. The van der Waals surface area contributed by atoms with Crippen molar-refractivity contribution in [3.63, 3.8) is 0 Å². The fourth-order valence-corrected chi connectivity index (χ4v) is 3.56. The van der Waals surface area contributed by atoms with E-state index in [1.165, 1.54) is 4.40 Å². The van der Waals surface area contributed by atoms with E-state index in [9.17, 15) is 13.2 Å². The molecule has 7 heteroatoms. The maximum Gasteiger partial charge on any atom is 0.274 e. The predicted octanol–water partition coefficient (Wildman–Crippen LogP) is 1.61. The number of carbonyl (C=O) groups excluding carboxylic acids is 1. The molecule has 0 N–H and O–H groups in total. The van der Waals surface area contributed by atoms with Crippen LogP contribution in [-0.2, 0) is 9.84 Å². The van der Waals surface area contributed by atoms with Crippen molar-refractivity contribution in [2.45, 2.75) is 24.9 Å². The van der Waals surface area contributed by atoms with Crippen LogP contribution in [0.2, 0.25) is 0 Å². The molecule has 118 valence electrons. The van der Waals surface area contributed by atoms with Crippen molar-refractivity contribution in [2.24, 2.45) is 5.92 Å². The lowest BCUT2D eigenvalue weighted by Crippen LogP contribution is -2.38. The highest BCUT2D eigenvalue weighted by molar-refractivity contribution is 7.90. The van der Waals surface area contributed by atoms with Gasteiger partial charge in [0.05, 0.1) is 5.52 Å². The minimum Gasteiger partial charge on any atom is -0.337 e. The highest BCUT2D eigenvalue weighted by Gasteiger charge is 2.27. The highest BCUT2D eigenvalue weighted by atomic mass is 32.2. The summed E-state index contributed by atoms with van der Waals surface area (Å²) in [5.41, 5.74) is 0.752. The SMILES string of the molecule is CC1CCN(C(=O)c2nc(S(C)(=O)=O)n3ccccc23)CC1. The van der Waals surface area contributed by atoms with Gasteiger partial charge >= 0.3 is 0 Å². The van der Waals surface area contributed by atoms with E-state index < -0.39 is 9.84 Å². The third-order valence-corrected chi connectivity index (χ3v) is 5.07. The Kier molecular flexibility index (Phi) is 3.68. The van der Waals surface area contributed by atoms with Gasteiger partial charge in [0.2, 0.25) is 15.0 Å². The number of likely N-dealkylation sites (tertiary alicyclic amines) is 1. The molecule has 3 heterocycles. The van der Waals surface area contributed by atoms with Crippen molar-refractivity contribution in [3.05, 3.63) is 30.1 Å². The second-order valence-electron chi connectivity index (χ2n) is 5.95. The number of sulfone groups is 1. The smallest absolute Gasteiger partial charge is 0.274 e. The van der Waals surface area contributed by atoms with Gasteiger partial charge in [-0.2, -0.15) is 0 Å². The molecular weight excluding hydrogens is 302 g/mol. The number of piperidine rings is 1. The fraction of sp³-hybridized carbons (Fsp3) is 0.467. The van der Waals surface area contributed by atoms with Crippen LogP contribution in [0.15, 0.2) is 29.6 Å². The molecule has 1 aliphatic rings. The van der Waals surface area contributed by atoms with Crippen LogP contribution in [0.1, 0.15) is 30.3 Å². The van der Waals surface area contributed by atoms with Crippen molar-refractivity contribution in [1.82, 2.24) is 14.3 Å². The summed E-state index contributed by atoms with van der Waals surface area (Å²) in [7, 11) is -3.50. The van der Waals surface area contributed by atoms with Gasteiger partial charge in [0, 0.05) is 25.5 Å². The monoisotopic (exact) mass is 321 g/mol. The average molecular weight is 321 g/mol. The maximum atomic E-state index is 12.7. The fourth-order valence-electron chi connectivity index (χ4n) is 2.79. The maximum absolute atomic E-state index is 12.7. The molecule has 2 aromatic rings. The standard InChI is InChI=1S/C15H19N3O3S/c1-11-6-9-17(10-7-11)14(19)13-12-5-3-4-8-18(12)15(16-13)22(2,20)21/h3-5,8,11H,6-7,9-10H2,1-2H3. The topological polar surface area (TPSA) is 71.8 Å². The molecule has 22 heavy (non-hydrogen) atoms. The second-order valence-corrected chi connectivity index (χ2v) is 7.86. The molecule has 1 aliphatic heterocycles. The molecule has 0 aromatic carbocycles. The largest absolute Gasteiger partial charge is 0.337 e. The summed E-state index contributed by atoms with van der Waals surface area (Å²) in [6, 6.07) is 5.22. The first kappa shape index (κ1) is 15.0. The summed E-state index contributed by atoms with van der Waals surface area (Å²) in [6.07, 6.45) is 4.66. The summed E-state index contributed by atoms with van der Waals surface area (Å²) < 4.78 is 25.3. The normalized spacial score (nSPS) is 17.1. The summed E-state index contributed by atoms with van der Waals surface area (Å²) in [5, 5.41) is -0.0863. The Hall–Kier alpha value is -1.89. The van der Waals surface area contributed by atoms with Gasteiger partial charge in [0.15, 0.2) is 5.69 Å². The zero-order chi connectivity index (χ0) is 15.9. The summed E-state index contributed by atoms with van der Waals surface area (Å²) in [5.74, 6) is 0.430. The number of hydrogen-bond donors (Lipinski definition) is 0. The van der Waals surface area contributed by atoms with E-state index in [0.717, 1.165) is 19.1 Å². The van der Waals surface area contributed by atoms with Crippen LogP contribution in [-0.4, -0.2) is 48.0 Å². The van der Waals surface area contributed by atoms with E-state index in [2.05, 4.69) is 11.9 Å². The molecule has 0 saturated carbocycles. The van der Waals surface area contributed by atoms with Gasteiger partial charge in [-0.1, -0.05) is 13.0 Å². The Balaban J connectivity index is 2.06. The van der Waals surface area contributed by atoms with Crippen molar-refractivity contribution in [1.29, 1.82) is 0 Å². The Morgan fingerprint density at radius 2 is 1.95 bits per heavy atom. The van der Waals surface area contributed by atoms with Gasteiger partial charge in [-0.25, -0.2) is 13.4 Å². The highest BCUT2D eigenvalue weighted by Crippen LogP contribution is 2.22. The van der Waals surface area contributed by atoms with Crippen LogP contribution in [0, 0.1) is 5.92 Å². The molecule has 6 nitrogen and oxygen atoms in total. The van der Waals surface area contributed by atoms with E-state index >= 15 is 0 Å². The predicted molar refractivity (Wildman–Crippen MR) is 82.6 cm³/mol. The first-order valence-corrected chi connectivity index (χ1v) is 9.23. The minimum absolute atomic E-state index is 0.0863. The lowest BCUT2D eigenvalue weighted by Gasteiger charge is -2.29. The third kappa shape index (κ3) is 2.61. The van der Waals surface area contributed by atoms with Crippen LogP contribution in [0.25, 0.3) is 5.52 Å². The Morgan fingerprint density at radius 3 is 2.59 bits per heavy atom. The van der Waals surface area contributed by atoms with Crippen LogP contribution >= 0.6 is 0 Å². The first-order valence-electron chi connectivity index (χ1n) is 7.34. The molecule has 0 aliphatic carbocycles. The van der Waals surface area contributed by atoms with Crippen LogP contribution in [0.3, 0.4) is 0 Å². The van der Waals surface area contributed by atoms with E-state index in [1.54, 1.807) is 29.3 Å². The minimum atomic E-state index is -3.50. The number of carbonyl (C=O) groups is 1. The van der Waals surface area contributed by atoms with Crippen molar-refractivity contribution < 1.29 is 13.2 Å². The lowest BCUT2D eigenvalue weighted by molar-refractivity contribution is 0.0693. The van der Waals surface area contributed by atoms with Gasteiger partial charge in [-0.3, -0.25) is 9.20 Å². The first-order chi connectivity index (χ1) is 10.4. The lowest BCUT2D eigenvalue weighted by atomic mass is 9.99. The summed E-state index contributed by atoms with van der Waals surface area (Å²) in [6.45, 7) is 3.57.